The maximum absolute atomic E-state index is 13.2. The molecule has 3 aromatic rings. The third kappa shape index (κ3) is 5.56. The maximum Gasteiger partial charge on any atom is 0.253 e. The Balaban J connectivity index is 1.62. The highest BCUT2D eigenvalue weighted by molar-refractivity contribution is 7.92. The van der Waals surface area contributed by atoms with Crippen LogP contribution in [0.5, 0.6) is 0 Å². The van der Waals surface area contributed by atoms with Gasteiger partial charge in [-0.05, 0) is 37.5 Å². The van der Waals surface area contributed by atoms with Crippen LogP contribution < -0.4 is 10.0 Å². The van der Waals surface area contributed by atoms with Gasteiger partial charge in [0.05, 0.1) is 28.5 Å². The van der Waals surface area contributed by atoms with E-state index in [0.717, 1.165) is 30.6 Å². The molecule has 0 aliphatic carbocycles. The number of carbonyl (C=O) groups is 2. The van der Waals surface area contributed by atoms with E-state index < -0.39 is 10.0 Å². The molecular weight excluding hydrogens is 454 g/mol. The molecule has 2 amide bonds. The predicted molar refractivity (Wildman–Crippen MR) is 131 cm³/mol. The van der Waals surface area contributed by atoms with Gasteiger partial charge < -0.3 is 14.8 Å². The predicted octanol–water partition coefficient (Wildman–Crippen LogP) is 2.51. The lowest BCUT2D eigenvalue weighted by Gasteiger charge is -2.16. The Labute approximate surface area is 199 Å². The SMILES string of the molecule is Cc1nc2cc(NS(C)(=O)=O)cc(C(=O)NCCCN3CCCC3=O)c2n1Cc1ccccc1. The molecule has 180 valence electrons. The number of nitrogens with zero attached hydrogens (tertiary/aromatic N) is 3. The van der Waals surface area contributed by atoms with Gasteiger partial charge >= 0.3 is 0 Å². The molecule has 2 heterocycles. The molecule has 2 aromatic carbocycles. The molecule has 2 N–H and O–H groups in total. The third-order valence-corrected chi connectivity index (χ3v) is 6.43. The van der Waals surface area contributed by atoms with Gasteiger partial charge in [-0.3, -0.25) is 14.3 Å². The van der Waals surface area contributed by atoms with E-state index in [1.807, 2.05) is 46.7 Å². The lowest BCUT2D eigenvalue weighted by molar-refractivity contribution is -0.127. The van der Waals surface area contributed by atoms with Crippen LogP contribution in [0.4, 0.5) is 5.69 Å². The van der Waals surface area contributed by atoms with Gasteiger partial charge in [0, 0.05) is 32.6 Å². The van der Waals surface area contributed by atoms with Crippen molar-refractivity contribution in [2.45, 2.75) is 32.7 Å². The topological polar surface area (TPSA) is 113 Å². The van der Waals surface area contributed by atoms with Gasteiger partial charge in [-0.2, -0.15) is 0 Å². The van der Waals surface area contributed by atoms with E-state index in [-0.39, 0.29) is 17.5 Å². The molecule has 10 heteroatoms. The second-order valence-electron chi connectivity index (χ2n) is 8.59. The van der Waals surface area contributed by atoms with E-state index in [1.165, 1.54) is 0 Å². The smallest absolute Gasteiger partial charge is 0.253 e. The van der Waals surface area contributed by atoms with Crippen LogP contribution in [0.15, 0.2) is 42.5 Å². The molecule has 0 atom stereocenters. The first-order chi connectivity index (χ1) is 16.2. The molecule has 34 heavy (non-hydrogen) atoms. The lowest BCUT2D eigenvalue weighted by Crippen LogP contribution is -2.31. The van der Waals surface area contributed by atoms with Crippen LogP contribution in [0.2, 0.25) is 0 Å². The number of sulfonamides is 1. The van der Waals surface area contributed by atoms with Gasteiger partial charge in [-0.15, -0.1) is 0 Å². The van der Waals surface area contributed by atoms with Crippen LogP contribution in [0.3, 0.4) is 0 Å². The Kier molecular flexibility index (Phi) is 6.87. The molecule has 1 aromatic heterocycles. The minimum Gasteiger partial charge on any atom is -0.352 e. The second kappa shape index (κ2) is 9.84. The molecule has 0 spiro atoms. The van der Waals surface area contributed by atoms with E-state index in [1.54, 1.807) is 12.1 Å². The number of amides is 2. The summed E-state index contributed by atoms with van der Waals surface area (Å²) in [7, 11) is -3.53. The van der Waals surface area contributed by atoms with Crippen LogP contribution in [0.1, 0.15) is 41.0 Å². The summed E-state index contributed by atoms with van der Waals surface area (Å²) < 4.78 is 28.1. The first kappa shape index (κ1) is 23.7. The number of hydrogen-bond donors (Lipinski definition) is 2. The third-order valence-electron chi connectivity index (χ3n) is 5.83. The molecule has 4 rings (SSSR count). The number of aryl methyl sites for hydroxylation is 1. The van der Waals surface area contributed by atoms with Crippen molar-refractivity contribution in [3.63, 3.8) is 0 Å². The number of hydrogen-bond acceptors (Lipinski definition) is 5. The molecule has 0 radical (unpaired) electrons. The average Bonchev–Trinajstić information content (AvgIpc) is 3.32. The highest BCUT2D eigenvalue weighted by Crippen LogP contribution is 2.27. The number of carbonyl (C=O) groups excluding carboxylic acids is 2. The minimum absolute atomic E-state index is 0.160. The summed E-state index contributed by atoms with van der Waals surface area (Å²) in [6.45, 7) is 4.17. The summed E-state index contributed by atoms with van der Waals surface area (Å²) in [4.78, 5) is 31.4. The highest BCUT2D eigenvalue weighted by atomic mass is 32.2. The van der Waals surface area contributed by atoms with Crippen LogP contribution in [0, 0.1) is 6.92 Å². The Bertz CT molecular complexity index is 1320. The fourth-order valence-corrected chi connectivity index (χ4v) is 4.84. The number of nitrogens with one attached hydrogen (secondary N) is 2. The molecule has 9 nitrogen and oxygen atoms in total. The molecule has 1 aliphatic heterocycles. The molecular formula is C24H29N5O4S. The fourth-order valence-electron chi connectivity index (χ4n) is 4.30. The number of anilines is 1. The van der Waals surface area contributed by atoms with E-state index in [2.05, 4.69) is 15.0 Å². The quantitative estimate of drug-likeness (QED) is 0.454. The summed E-state index contributed by atoms with van der Waals surface area (Å²) in [5.74, 6) is 0.564. The Morgan fingerprint density at radius 2 is 1.94 bits per heavy atom. The van der Waals surface area contributed by atoms with Crippen molar-refractivity contribution in [2.24, 2.45) is 0 Å². The van der Waals surface area contributed by atoms with Gasteiger partial charge in [0.2, 0.25) is 15.9 Å². The summed E-state index contributed by atoms with van der Waals surface area (Å²) >= 11 is 0. The van der Waals surface area contributed by atoms with Crippen molar-refractivity contribution in [3.8, 4) is 0 Å². The summed E-state index contributed by atoms with van der Waals surface area (Å²) in [5.41, 5.74) is 2.87. The van der Waals surface area contributed by atoms with Crippen molar-refractivity contribution in [2.75, 3.05) is 30.6 Å². The Morgan fingerprint density at radius 1 is 1.18 bits per heavy atom. The van der Waals surface area contributed by atoms with Crippen LogP contribution in [0.25, 0.3) is 11.0 Å². The van der Waals surface area contributed by atoms with Gasteiger partial charge in [0.1, 0.15) is 5.82 Å². The average molecular weight is 484 g/mol. The van der Waals surface area contributed by atoms with Crippen molar-refractivity contribution >= 4 is 38.6 Å². The molecule has 1 aliphatic rings. The number of fused-ring (bicyclic) bond motifs is 1. The molecule has 0 saturated carbocycles. The van der Waals surface area contributed by atoms with Gasteiger partial charge in [0.25, 0.3) is 5.91 Å². The van der Waals surface area contributed by atoms with E-state index in [9.17, 15) is 18.0 Å². The van der Waals surface area contributed by atoms with Crippen molar-refractivity contribution in [3.05, 3.63) is 59.4 Å². The monoisotopic (exact) mass is 483 g/mol. The van der Waals surface area contributed by atoms with Crippen molar-refractivity contribution in [1.29, 1.82) is 0 Å². The number of imidazole rings is 1. The van der Waals surface area contributed by atoms with Gasteiger partial charge in [-0.25, -0.2) is 13.4 Å². The summed E-state index contributed by atoms with van der Waals surface area (Å²) in [6, 6.07) is 13.0. The highest BCUT2D eigenvalue weighted by Gasteiger charge is 2.21. The van der Waals surface area contributed by atoms with Crippen molar-refractivity contribution < 1.29 is 18.0 Å². The summed E-state index contributed by atoms with van der Waals surface area (Å²) in [5, 5.41) is 2.93. The molecule has 0 bridgehead atoms. The Hall–Kier alpha value is -3.40. The largest absolute Gasteiger partial charge is 0.352 e. The zero-order chi connectivity index (χ0) is 24.3. The first-order valence-electron chi connectivity index (χ1n) is 11.3. The number of likely N-dealkylation sites (tertiary alicyclic amines) is 1. The van der Waals surface area contributed by atoms with E-state index >= 15 is 0 Å². The minimum atomic E-state index is -3.53. The van der Waals surface area contributed by atoms with Crippen LogP contribution in [-0.2, 0) is 21.4 Å². The van der Waals surface area contributed by atoms with Crippen LogP contribution in [-0.4, -0.2) is 60.6 Å². The van der Waals surface area contributed by atoms with E-state index in [0.29, 0.717) is 49.1 Å². The lowest BCUT2D eigenvalue weighted by atomic mass is 10.1. The molecule has 1 saturated heterocycles. The van der Waals surface area contributed by atoms with Gasteiger partial charge in [0.15, 0.2) is 0 Å². The zero-order valence-corrected chi connectivity index (χ0v) is 20.2. The molecule has 0 unspecified atom stereocenters. The Morgan fingerprint density at radius 3 is 2.62 bits per heavy atom. The normalized spacial score (nSPS) is 14.1. The summed E-state index contributed by atoms with van der Waals surface area (Å²) in [6.07, 6.45) is 3.18. The number of aromatic nitrogens is 2. The van der Waals surface area contributed by atoms with Crippen molar-refractivity contribution in [1.82, 2.24) is 19.8 Å². The first-order valence-corrected chi connectivity index (χ1v) is 13.2. The maximum atomic E-state index is 13.2. The standard InChI is InChI=1S/C24H29N5O4S/c1-17-26-21-15-19(27-34(2,32)33)14-20(23(21)29(17)16-18-8-4-3-5-9-18)24(31)25-11-7-13-28-12-6-10-22(28)30/h3-5,8-9,14-15,27H,6-7,10-13,16H2,1-2H3,(H,25,31). The molecule has 1 fully saturated rings. The van der Waals surface area contributed by atoms with Crippen LogP contribution >= 0.6 is 0 Å². The number of rotatable bonds is 9. The number of benzene rings is 2. The fraction of sp³-hybridized carbons (Fsp3) is 0.375. The van der Waals surface area contributed by atoms with Gasteiger partial charge in [-0.1, -0.05) is 30.3 Å². The second-order valence-corrected chi connectivity index (χ2v) is 10.3. The zero-order valence-electron chi connectivity index (χ0n) is 19.4. The van der Waals surface area contributed by atoms with E-state index in [4.69, 9.17) is 0 Å².